The van der Waals surface area contributed by atoms with Gasteiger partial charge in [-0.3, -0.25) is 0 Å². The molecule has 1 aliphatic carbocycles. The van der Waals surface area contributed by atoms with E-state index >= 15 is 0 Å². The number of rotatable bonds is 0. The van der Waals surface area contributed by atoms with Gasteiger partial charge in [-0.15, -0.1) is 0 Å². The Morgan fingerprint density at radius 1 is 0.667 bits per heavy atom. The summed E-state index contributed by atoms with van der Waals surface area (Å²) in [4.78, 5) is 0. The van der Waals surface area contributed by atoms with Gasteiger partial charge in [0.1, 0.15) is 0 Å². The third kappa shape index (κ3) is 4.95. The van der Waals surface area contributed by atoms with Crippen LogP contribution in [0.4, 0.5) is 0 Å². The molecule has 1 aliphatic rings. The number of hydrogen-bond acceptors (Lipinski definition) is 0. The summed E-state index contributed by atoms with van der Waals surface area (Å²) in [5, 5.41) is 0. The van der Waals surface area contributed by atoms with E-state index < -0.39 is 0 Å². The molecular formula is C12H17. The first-order chi connectivity index (χ1) is 6.00. The monoisotopic (exact) mass is 161 g/mol. The van der Waals surface area contributed by atoms with Crippen molar-refractivity contribution in [2.24, 2.45) is 0 Å². The third-order valence-electron chi connectivity index (χ3n) is 1.90. The van der Waals surface area contributed by atoms with Crippen LogP contribution in [0.2, 0.25) is 0 Å². The fraction of sp³-hybridized carbons (Fsp3) is 0.417. The van der Waals surface area contributed by atoms with Crippen molar-refractivity contribution in [3.05, 3.63) is 42.9 Å². The summed E-state index contributed by atoms with van der Waals surface area (Å²) >= 11 is 0. The SMILES string of the molecule is [CH]1C/C=C/C=C\C/C=C/CCC1. The van der Waals surface area contributed by atoms with E-state index in [2.05, 4.69) is 42.9 Å². The molecular weight excluding hydrogens is 144 g/mol. The fourth-order valence-corrected chi connectivity index (χ4v) is 1.20. The Morgan fingerprint density at radius 3 is 2.42 bits per heavy atom. The second-order valence-electron chi connectivity index (χ2n) is 3.02. The molecule has 0 N–H and O–H groups in total. The molecule has 0 fully saturated rings. The molecule has 0 unspecified atom stereocenters. The smallest absolute Gasteiger partial charge is 0.0166 e. The van der Waals surface area contributed by atoms with E-state index in [0.29, 0.717) is 0 Å². The van der Waals surface area contributed by atoms with Gasteiger partial charge in [0.05, 0.1) is 0 Å². The Bertz CT molecular complexity index is 172. The first-order valence-corrected chi connectivity index (χ1v) is 4.78. The van der Waals surface area contributed by atoms with Gasteiger partial charge in [-0.1, -0.05) is 36.5 Å². The lowest BCUT2D eigenvalue weighted by atomic mass is 10.1. The van der Waals surface area contributed by atoms with Crippen LogP contribution in [0.5, 0.6) is 0 Å². The lowest BCUT2D eigenvalue weighted by Crippen LogP contribution is -1.76. The minimum atomic E-state index is 1.08. The molecule has 0 saturated heterocycles. The molecule has 0 heteroatoms. The van der Waals surface area contributed by atoms with Crippen LogP contribution in [0.3, 0.4) is 0 Å². The maximum atomic E-state index is 2.35. The average molecular weight is 161 g/mol. The molecule has 0 nitrogen and oxygen atoms in total. The van der Waals surface area contributed by atoms with Gasteiger partial charge in [0.25, 0.3) is 0 Å². The Kier molecular flexibility index (Phi) is 5.35. The van der Waals surface area contributed by atoms with E-state index in [9.17, 15) is 0 Å². The van der Waals surface area contributed by atoms with Crippen LogP contribution < -0.4 is 0 Å². The fourth-order valence-electron chi connectivity index (χ4n) is 1.20. The highest BCUT2D eigenvalue weighted by Gasteiger charge is 1.86. The van der Waals surface area contributed by atoms with Crippen LogP contribution in [0, 0.1) is 6.42 Å². The van der Waals surface area contributed by atoms with E-state index in [0.717, 1.165) is 12.8 Å². The van der Waals surface area contributed by atoms with Gasteiger partial charge in [-0.05, 0) is 38.5 Å². The van der Waals surface area contributed by atoms with Crippen molar-refractivity contribution in [1.82, 2.24) is 0 Å². The topological polar surface area (TPSA) is 0 Å². The maximum Gasteiger partial charge on any atom is -0.0166 e. The zero-order valence-electron chi connectivity index (χ0n) is 7.58. The third-order valence-corrected chi connectivity index (χ3v) is 1.90. The predicted octanol–water partition coefficient (Wildman–Crippen LogP) is 3.82. The summed E-state index contributed by atoms with van der Waals surface area (Å²) in [5.74, 6) is 0. The molecule has 1 radical (unpaired) electrons. The zero-order valence-corrected chi connectivity index (χ0v) is 7.58. The summed E-state index contributed by atoms with van der Waals surface area (Å²) in [6.45, 7) is 0. The van der Waals surface area contributed by atoms with E-state index in [1.54, 1.807) is 0 Å². The highest BCUT2D eigenvalue weighted by Crippen LogP contribution is 2.04. The Morgan fingerprint density at radius 2 is 1.50 bits per heavy atom. The standard InChI is InChI=1S/C12H17/c1-2-4-6-8-10-12-11-9-7-5-3-1/h1-4,7-9H,5-6,10-12H2/b3-1-,4-2+,9-7+. The van der Waals surface area contributed by atoms with Gasteiger partial charge in [-0.2, -0.15) is 0 Å². The molecule has 0 aliphatic heterocycles. The molecule has 0 saturated carbocycles. The molecule has 0 aromatic rings. The second kappa shape index (κ2) is 6.90. The number of allylic oxidation sites excluding steroid dienone is 6. The summed E-state index contributed by atoms with van der Waals surface area (Å²) in [7, 11) is 0. The van der Waals surface area contributed by atoms with Crippen LogP contribution in [0.1, 0.15) is 32.1 Å². The largest absolute Gasteiger partial charge is 0.0882 e. The van der Waals surface area contributed by atoms with E-state index in [-0.39, 0.29) is 0 Å². The van der Waals surface area contributed by atoms with Gasteiger partial charge >= 0.3 is 0 Å². The number of hydrogen-bond donors (Lipinski definition) is 0. The van der Waals surface area contributed by atoms with Gasteiger partial charge < -0.3 is 0 Å². The molecule has 65 valence electrons. The lowest BCUT2D eigenvalue weighted by Gasteiger charge is -1.95. The van der Waals surface area contributed by atoms with Crippen LogP contribution in [0.25, 0.3) is 0 Å². The molecule has 0 amide bonds. The Balaban J connectivity index is 2.31. The van der Waals surface area contributed by atoms with Crippen LogP contribution in [-0.2, 0) is 0 Å². The first kappa shape index (κ1) is 9.31. The molecule has 0 aromatic heterocycles. The average Bonchev–Trinajstić information content (AvgIpc) is 2.05. The highest BCUT2D eigenvalue weighted by molar-refractivity contribution is 5.06. The van der Waals surface area contributed by atoms with Crippen molar-refractivity contribution in [2.45, 2.75) is 32.1 Å². The highest BCUT2D eigenvalue weighted by atomic mass is 13.9. The summed E-state index contributed by atoms with van der Waals surface area (Å²) < 4.78 is 0. The van der Waals surface area contributed by atoms with Crippen LogP contribution >= 0.6 is 0 Å². The van der Waals surface area contributed by atoms with Crippen LogP contribution in [-0.4, -0.2) is 0 Å². The molecule has 1 rings (SSSR count). The quantitative estimate of drug-likeness (QED) is 0.474. The normalized spacial score (nSPS) is 28.0. The molecule has 0 bridgehead atoms. The molecule has 0 spiro atoms. The van der Waals surface area contributed by atoms with Crippen molar-refractivity contribution in [3.63, 3.8) is 0 Å². The molecule has 0 aromatic carbocycles. The lowest BCUT2D eigenvalue weighted by molar-refractivity contribution is 0.809. The first-order valence-electron chi connectivity index (χ1n) is 4.78. The van der Waals surface area contributed by atoms with Gasteiger partial charge in [-0.25, -0.2) is 0 Å². The minimum absolute atomic E-state index is 1.08. The van der Waals surface area contributed by atoms with Crippen molar-refractivity contribution in [3.8, 4) is 0 Å². The molecule has 12 heavy (non-hydrogen) atoms. The summed E-state index contributed by atoms with van der Waals surface area (Å²) in [6, 6.07) is 0. The minimum Gasteiger partial charge on any atom is -0.0882 e. The van der Waals surface area contributed by atoms with Gasteiger partial charge in [0.2, 0.25) is 0 Å². The maximum absolute atomic E-state index is 2.35. The van der Waals surface area contributed by atoms with E-state index in [4.69, 9.17) is 0 Å². The Hall–Kier alpha value is -0.780. The second-order valence-corrected chi connectivity index (χ2v) is 3.02. The van der Waals surface area contributed by atoms with Crippen molar-refractivity contribution >= 4 is 0 Å². The predicted molar refractivity (Wildman–Crippen MR) is 54.8 cm³/mol. The van der Waals surface area contributed by atoms with Gasteiger partial charge in [0.15, 0.2) is 0 Å². The van der Waals surface area contributed by atoms with Gasteiger partial charge in [0, 0.05) is 0 Å². The Labute approximate surface area is 75.7 Å². The van der Waals surface area contributed by atoms with E-state index in [1.165, 1.54) is 19.3 Å². The summed E-state index contributed by atoms with van der Waals surface area (Å²) in [5.41, 5.74) is 0. The van der Waals surface area contributed by atoms with Crippen molar-refractivity contribution in [2.75, 3.05) is 0 Å². The molecule has 0 atom stereocenters. The van der Waals surface area contributed by atoms with Crippen molar-refractivity contribution < 1.29 is 0 Å². The molecule has 0 heterocycles. The van der Waals surface area contributed by atoms with Crippen molar-refractivity contribution in [1.29, 1.82) is 0 Å². The van der Waals surface area contributed by atoms with E-state index in [1.807, 2.05) is 0 Å². The zero-order chi connectivity index (χ0) is 8.49. The van der Waals surface area contributed by atoms with Crippen LogP contribution in [0.15, 0.2) is 36.5 Å². The summed E-state index contributed by atoms with van der Waals surface area (Å²) in [6.07, 6.45) is 21.5.